The molecule has 0 heterocycles. The van der Waals surface area contributed by atoms with Crippen molar-refractivity contribution in [3.05, 3.63) is 72.1 Å². The van der Waals surface area contributed by atoms with Crippen molar-refractivity contribution in [3.8, 4) is 11.5 Å². The summed E-state index contributed by atoms with van der Waals surface area (Å²) in [4.78, 5) is 11.6. The first-order valence-electron chi connectivity index (χ1n) is 8.32. The summed E-state index contributed by atoms with van der Waals surface area (Å²) in [6, 6.07) is 13.1. The molecule has 0 unspecified atom stereocenters. The Morgan fingerprint density at radius 2 is 1.96 bits per heavy atom. The van der Waals surface area contributed by atoms with Crippen LogP contribution in [-0.2, 0) is 11.2 Å². The lowest BCUT2D eigenvalue weighted by Gasteiger charge is -2.26. The number of benzene rings is 2. The summed E-state index contributed by atoms with van der Waals surface area (Å²) >= 11 is 0. The molecule has 2 atom stereocenters. The molecule has 3 rings (SSSR count). The van der Waals surface area contributed by atoms with Crippen LogP contribution < -0.4 is 4.74 Å². The van der Waals surface area contributed by atoms with Crippen molar-refractivity contribution in [2.75, 3.05) is 7.11 Å². The Labute approximate surface area is 151 Å². The largest absolute Gasteiger partial charge is 0.457 e. The van der Waals surface area contributed by atoms with Gasteiger partial charge in [-0.1, -0.05) is 30.4 Å². The van der Waals surface area contributed by atoms with Gasteiger partial charge in [0.1, 0.15) is 17.3 Å². The van der Waals surface area contributed by atoms with Gasteiger partial charge < -0.3 is 9.47 Å². The first kappa shape index (κ1) is 17.9. The Morgan fingerprint density at radius 1 is 1.23 bits per heavy atom. The van der Waals surface area contributed by atoms with Crippen LogP contribution in [0.2, 0.25) is 0 Å². The van der Waals surface area contributed by atoms with Crippen LogP contribution in [0.4, 0.5) is 9.18 Å². The fourth-order valence-electron chi connectivity index (χ4n) is 3.08. The number of ether oxygens (including phenoxy) is 2. The molecule has 0 aliphatic heterocycles. The van der Waals surface area contributed by atoms with E-state index < -0.39 is 6.09 Å². The van der Waals surface area contributed by atoms with Crippen LogP contribution >= 0.6 is 0 Å². The molecular formula is C20H20FNO4. The molecule has 1 aliphatic rings. The smallest absolute Gasteiger partial charge is 0.433 e. The third kappa shape index (κ3) is 4.21. The number of nitrogens with zero attached hydrogens (tertiary/aromatic N) is 1. The number of carbonyl (C=O) groups is 1. The van der Waals surface area contributed by atoms with E-state index in [-0.39, 0.29) is 17.8 Å². The highest BCUT2D eigenvalue weighted by molar-refractivity contribution is 5.66. The lowest BCUT2D eigenvalue weighted by molar-refractivity contribution is -0.107. The average Bonchev–Trinajstić information content (AvgIpc) is 3.08. The van der Waals surface area contributed by atoms with Crippen LogP contribution in [0.15, 0.2) is 60.7 Å². The summed E-state index contributed by atoms with van der Waals surface area (Å²) in [5.74, 6) is 0.625. The molecule has 1 aliphatic carbocycles. The molecule has 136 valence electrons. The van der Waals surface area contributed by atoms with Crippen LogP contribution in [0.5, 0.6) is 11.5 Å². The third-order valence-corrected chi connectivity index (χ3v) is 4.33. The van der Waals surface area contributed by atoms with Gasteiger partial charge in [-0.25, -0.2) is 9.18 Å². The minimum atomic E-state index is -0.771. The summed E-state index contributed by atoms with van der Waals surface area (Å²) in [6.45, 7) is 0. The van der Waals surface area contributed by atoms with E-state index in [1.807, 2.05) is 30.4 Å². The minimum Gasteiger partial charge on any atom is -0.457 e. The number of carbonyl (C=O) groups excluding carboxylic acids is 1. The van der Waals surface area contributed by atoms with Gasteiger partial charge in [-0.3, -0.25) is 5.21 Å². The second-order valence-electron chi connectivity index (χ2n) is 6.12. The Bertz CT molecular complexity index is 808. The van der Waals surface area contributed by atoms with E-state index in [1.54, 1.807) is 18.2 Å². The number of rotatable bonds is 5. The molecule has 0 bridgehead atoms. The van der Waals surface area contributed by atoms with Crippen LogP contribution in [0, 0.1) is 11.7 Å². The molecule has 0 aromatic heterocycles. The van der Waals surface area contributed by atoms with Gasteiger partial charge in [-0.15, -0.1) is 0 Å². The monoisotopic (exact) mass is 357 g/mol. The average molecular weight is 357 g/mol. The number of halogens is 1. The normalized spacial score (nSPS) is 18.6. The zero-order chi connectivity index (χ0) is 18.5. The molecule has 6 heteroatoms. The van der Waals surface area contributed by atoms with Crippen LogP contribution in [0.1, 0.15) is 12.0 Å². The summed E-state index contributed by atoms with van der Waals surface area (Å²) < 4.78 is 23.6. The third-order valence-electron chi connectivity index (χ3n) is 4.33. The van der Waals surface area contributed by atoms with Crippen molar-refractivity contribution >= 4 is 6.09 Å². The molecule has 0 radical (unpaired) electrons. The molecule has 1 N–H and O–H groups in total. The van der Waals surface area contributed by atoms with Gasteiger partial charge in [-0.2, -0.15) is 5.06 Å². The SMILES string of the molecule is COC(=O)N(O)[C@H]1CC=C[C@@H]1Cc1cccc(Oc2cccc(F)c2)c1. The van der Waals surface area contributed by atoms with Gasteiger partial charge in [0.2, 0.25) is 0 Å². The number of hydrogen-bond donors (Lipinski definition) is 1. The van der Waals surface area contributed by atoms with Crippen molar-refractivity contribution in [3.63, 3.8) is 0 Å². The second kappa shape index (κ2) is 8.01. The predicted molar refractivity (Wildman–Crippen MR) is 93.7 cm³/mol. The Balaban J connectivity index is 1.70. The maximum atomic E-state index is 13.3. The first-order valence-corrected chi connectivity index (χ1v) is 8.32. The van der Waals surface area contributed by atoms with Crippen molar-refractivity contribution < 1.29 is 23.9 Å². The maximum Gasteiger partial charge on any atom is 0.433 e. The van der Waals surface area contributed by atoms with E-state index in [4.69, 9.17) is 4.74 Å². The van der Waals surface area contributed by atoms with Gasteiger partial charge >= 0.3 is 6.09 Å². The number of hydroxylamine groups is 2. The summed E-state index contributed by atoms with van der Waals surface area (Å²) in [5, 5.41) is 10.7. The predicted octanol–water partition coefficient (Wildman–Crippen LogP) is 4.56. The van der Waals surface area contributed by atoms with Crippen molar-refractivity contribution in [1.29, 1.82) is 0 Å². The molecule has 26 heavy (non-hydrogen) atoms. The van der Waals surface area contributed by atoms with Crippen LogP contribution in [0.3, 0.4) is 0 Å². The molecule has 2 aromatic carbocycles. The van der Waals surface area contributed by atoms with Crippen molar-refractivity contribution in [2.24, 2.45) is 5.92 Å². The maximum absolute atomic E-state index is 13.3. The van der Waals surface area contributed by atoms with E-state index in [0.717, 1.165) is 5.56 Å². The number of hydrogen-bond acceptors (Lipinski definition) is 4. The van der Waals surface area contributed by atoms with E-state index in [2.05, 4.69) is 4.74 Å². The molecule has 0 saturated carbocycles. The molecule has 0 spiro atoms. The zero-order valence-electron chi connectivity index (χ0n) is 14.3. The number of methoxy groups -OCH3 is 1. The Morgan fingerprint density at radius 3 is 2.69 bits per heavy atom. The van der Waals surface area contributed by atoms with E-state index in [0.29, 0.717) is 29.4 Å². The van der Waals surface area contributed by atoms with Crippen molar-refractivity contribution in [2.45, 2.75) is 18.9 Å². The van der Waals surface area contributed by atoms with E-state index in [1.165, 1.54) is 19.2 Å². The highest BCUT2D eigenvalue weighted by Gasteiger charge is 2.31. The Hall–Kier alpha value is -2.86. The van der Waals surface area contributed by atoms with Gasteiger partial charge in [0, 0.05) is 12.0 Å². The fourth-order valence-corrected chi connectivity index (χ4v) is 3.08. The van der Waals surface area contributed by atoms with Crippen LogP contribution in [-0.4, -0.2) is 29.5 Å². The standard InChI is InChI=1S/C20H20FNO4/c1-25-20(23)22(24)19-10-3-6-15(19)11-14-5-2-8-17(12-14)26-18-9-4-7-16(21)13-18/h2-9,12-13,15,19,24H,10-11H2,1H3/t15-,19+/m1/s1. The zero-order valence-corrected chi connectivity index (χ0v) is 14.3. The fraction of sp³-hybridized carbons (Fsp3) is 0.250. The van der Waals surface area contributed by atoms with Gasteiger partial charge in [0.15, 0.2) is 0 Å². The van der Waals surface area contributed by atoms with Gasteiger partial charge in [0.25, 0.3) is 0 Å². The molecular weight excluding hydrogens is 337 g/mol. The Kier molecular flexibility index (Phi) is 5.53. The van der Waals surface area contributed by atoms with Crippen molar-refractivity contribution in [1.82, 2.24) is 5.06 Å². The molecule has 0 saturated heterocycles. The lowest BCUT2D eigenvalue weighted by atomic mass is 9.94. The molecule has 1 amide bonds. The summed E-state index contributed by atoms with van der Waals surface area (Å²) in [6.07, 6.45) is 4.34. The minimum absolute atomic E-state index is 0.0384. The molecule has 5 nitrogen and oxygen atoms in total. The summed E-state index contributed by atoms with van der Waals surface area (Å²) in [7, 11) is 1.23. The quantitative estimate of drug-likeness (QED) is 0.484. The van der Waals surface area contributed by atoms with Gasteiger partial charge in [-0.05, 0) is 42.7 Å². The first-order chi connectivity index (χ1) is 12.6. The lowest BCUT2D eigenvalue weighted by Crippen LogP contribution is -2.40. The summed E-state index contributed by atoms with van der Waals surface area (Å²) in [5.41, 5.74) is 0.985. The number of amides is 1. The highest BCUT2D eigenvalue weighted by Crippen LogP contribution is 2.29. The second-order valence-corrected chi connectivity index (χ2v) is 6.12. The highest BCUT2D eigenvalue weighted by atomic mass is 19.1. The topological polar surface area (TPSA) is 59.0 Å². The van der Waals surface area contributed by atoms with Crippen LogP contribution in [0.25, 0.3) is 0 Å². The van der Waals surface area contributed by atoms with Gasteiger partial charge in [0.05, 0.1) is 13.2 Å². The van der Waals surface area contributed by atoms with E-state index in [9.17, 15) is 14.4 Å². The molecule has 2 aromatic rings. The molecule has 0 fully saturated rings. The van der Waals surface area contributed by atoms with E-state index >= 15 is 0 Å².